The van der Waals surface area contributed by atoms with Crippen LogP contribution in [0.15, 0.2) is 0 Å². The van der Waals surface area contributed by atoms with Crippen LogP contribution >= 0.6 is 0 Å². The Hall–Kier alpha value is -1.14. The molecule has 0 aliphatic rings. The molecule has 0 heterocycles. The van der Waals surface area contributed by atoms with Crippen LogP contribution in [0.3, 0.4) is 0 Å². The fourth-order valence-corrected chi connectivity index (χ4v) is 9.23. The molecule has 2 atom stereocenters. The number of aliphatic hydroxyl groups is 2. The van der Waals surface area contributed by atoms with Gasteiger partial charge in [0.1, 0.15) is 0 Å². The van der Waals surface area contributed by atoms with Crippen molar-refractivity contribution in [3.05, 3.63) is 0 Å². The van der Waals surface area contributed by atoms with Crippen LogP contribution in [0.4, 0.5) is 0 Å². The molecule has 0 aliphatic heterocycles. The van der Waals surface area contributed by atoms with E-state index >= 15 is 0 Å². The lowest BCUT2D eigenvalue weighted by Crippen LogP contribution is -2.45. The zero-order chi connectivity index (χ0) is 45.8. The molecule has 0 saturated carbocycles. The number of aliphatic hydroxyl groups excluding tert-OH is 2. The predicted octanol–water partition coefficient (Wildman–Crippen LogP) is 17.5. The summed E-state index contributed by atoms with van der Waals surface area (Å²) in [6.07, 6.45) is 60.9. The zero-order valence-corrected chi connectivity index (χ0v) is 42.8. The molecular weight excluding hydrogens is 779 g/mol. The predicted molar refractivity (Wildman–Crippen MR) is 274 cm³/mol. The summed E-state index contributed by atoms with van der Waals surface area (Å²) in [5.74, 6) is -0.0355. The molecule has 0 radical (unpaired) electrons. The highest BCUT2D eigenvalue weighted by molar-refractivity contribution is 5.76. The number of rotatable bonds is 54. The lowest BCUT2D eigenvalue weighted by molar-refractivity contribution is -0.143. The van der Waals surface area contributed by atoms with E-state index in [0.717, 1.165) is 44.9 Å². The number of nitrogens with one attached hydrogen (secondary N) is 1. The molecule has 0 bridgehead atoms. The molecule has 0 aliphatic carbocycles. The van der Waals surface area contributed by atoms with Gasteiger partial charge in [-0.2, -0.15) is 0 Å². The van der Waals surface area contributed by atoms with Gasteiger partial charge < -0.3 is 20.3 Å². The smallest absolute Gasteiger partial charge is 0.305 e. The Labute approximate surface area is 394 Å². The van der Waals surface area contributed by atoms with Crippen LogP contribution in [0, 0.1) is 0 Å². The number of amides is 1. The van der Waals surface area contributed by atoms with E-state index in [2.05, 4.69) is 19.2 Å². The normalized spacial score (nSPS) is 12.5. The van der Waals surface area contributed by atoms with Crippen LogP contribution in [0.5, 0.6) is 0 Å². The van der Waals surface area contributed by atoms with Gasteiger partial charge >= 0.3 is 5.97 Å². The summed E-state index contributed by atoms with van der Waals surface area (Å²) in [7, 11) is 0. The van der Waals surface area contributed by atoms with E-state index < -0.39 is 12.1 Å². The van der Waals surface area contributed by atoms with Crippen LogP contribution in [0.25, 0.3) is 0 Å². The molecule has 0 fully saturated rings. The van der Waals surface area contributed by atoms with Crippen molar-refractivity contribution in [3.63, 3.8) is 0 Å². The van der Waals surface area contributed by atoms with Crippen LogP contribution in [0.1, 0.15) is 328 Å². The summed E-state index contributed by atoms with van der Waals surface area (Å²) in [5.41, 5.74) is 0. The summed E-state index contributed by atoms with van der Waals surface area (Å²) in [6, 6.07) is -0.546. The van der Waals surface area contributed by atoms with Crippen molar-refractivity contribution in [1.82, 2.24) is 5.32 Å². The lowest BCUT2D eigenvalue weighted by Gasteiger charge is -2.22. The van der Waals surface area contributed by atoms with E-state index in [1.165, 1.54) is 250 Å². The average molecular weight is 893 g/mol. The summed E-state index contributed by atoms with van der Waals surface area (Å²) >= 11 is 0. The molecule has 0 aromatic rings. The van der Waals surface area contributed by atoms with Crippen LogP contribution in [-0.4, -0.2) is 47.4 Å². The van der Waals surface area contributed by atoms with E-state index in [1.807, 2.05) is 0 Å². The minimum Gasteiger partial charge on any atom is -0.466 e. The van der Waals surface area contributed by atoms with Crippen molar-refractivity contribution in [2.45, 2.75) is 341 Å². The van der Waals surface area contributed by atoms with Crippen LogP contribution in [0.2, 0.25) is 0 Å². The third-order valence-corrected chi connectivity index (χ3v) is 13.7. The molecule has 63 heavy (non-hydrogen) atoms. The number of hydrogen-bond donors (Lipinski definition) is 3. The molecule has 3 N–H and O–H groups in total. The van der Waals surface area contributed by atoms with E-state index in [9.17, 15) is 19.8 Å². The van der Waals surface area contributed by atoms with Gasteiger partial charge in [0.2, 0.25) is 5.91 Å². The van der Waals surface area contributed by atoms with Gasteiger partial charge in [0.25, 0.3) is 0 Å². The average Bonchev–Trinajstić information content (AvgIpc) is 3.28. The first-order valence-electron chi connectivity index (χ1n) is 28.8. The van der Waals surface area contributed by atoms with Gasteiger partial charge in [-0.15, -0.1) is 0 Å². The Bertz CT molecular complexity index is 898. The van der Waals surface area contributed by atoms with Crippen molar-refractivity contribution >= 4 is 11.9 Å². The Balaban J connectivity index is 3.38. The molecule has 0 saturated heterocycles. The van der Waals surface area contributed by atoms with E-state index in [1.54, 1.807) is 0 Å². The maximum atomic E-state index is 12.5. The van der Waals surface area contributed by atoms with Crippen molar-refractivity contribution in [3.8, 4) is 0 Å². The minimum absolute atomic E-state index is 0.00590. The highest BCUT2D eigenvalue weighted by atomic mass is 16.5. The Morgan fingerprint density at radius 1 is 0.381 bits per heavy atom. The number of ether oxygens (including phenoxy) is 1. The molecule has 0 aromatic carbocycles. The maximum absolute atomic E-state index is 12.5. The van der Waals surface area contributed by atoms with Gasteiger partial charge in [-0.3, -0.25) is 9.59 Å². The maximum Gasteiger partial charge on any atom is 0.305 e. The number of carbonyl (C=O) groups excluding carboxylic acids is 2. The Morgan fingerprint density at radius 2 is 0.651 bits per heavy atom. The molecule has 2 unspecified atom stereocenters. The van der Waals surface area contributed by atoms with Crippen molar-refractivity contribution in [2.24, 2.45) is 0 Å². The second-order valence-electron chi connectivity index (χ2n) is 20.0. The molecule has 376 valence electrons. The Morgan fingerprint density at radius 3 is 0.968 bits per heavy atom. The number of esters is 1. The minimum atomic E-state index is -0.668. The summed E-state index contributed by atoms with van der Waals surface area (Å²) in [4.78, 5) is 24.5. The van der Waals surface area contributed by atoms with Gasteiger partial charge in [0.15, 0.2) is 0 Å². The molecule has 0 rings (SSSR count). The highest BCUT2D eigenvalue weighted by Crippen LogP contribution is 2.18. The molecule has 6 heteroatoms. The van der Waals surface area contributed by atoms with Crippen molar-refractivity contribution in [2.75, 3.05) is 13.2 Å². The van der Waals surface area contributed by atoms with Crippen molar-refractivity contribution in [1.29, 1.82) is 0 Å². The van der Waals surface area contributed by atoms with E-state index in [0.29, 0.717) is 25.9 Å². The standard InChI is InChI=1S/C57H113NO5/c1-3-5-7-9-11-13-15-17-18-19-20-23-27-31-35-39-43-47-51-57(62)63-52-48-44-40-36-32-28-24-21-22-26-30-34-38-42-46-50-56(61)58-54(53-59)55(60)49-45-41-37-33-29-25-16-14-12-10-8-6-4-2/h54-55,59-60H,3-53H2,1-2H3,(H,58,61). The first-order chi connectivity index (χ1) is 31.0. The van der Waals surface area contributed by atoms with Gasteiger partial charge in [0, 0.05) is 12.8 Å². The molecule has 6 nitrogen and oxygen atoms in total. The van der Waals surface area contributed by atoms with Crippen LogP contribution < -0.4 is 5.32 Å². The fourth-order valence-electron chi connectivity index (χ4n) is 9.23. The van der Waals surface area contributed by atoms with Crippen LogP contribution in [-0.2, 0) is 14.3 Å². The number of carbonyl (C=O) groups is 2. The van der Waals surface area contributed by atoms with Gasteiger partial charge in [-0.1, -0.05) is 290 Å². The Kier molecular flexibility index (Phi) is 52.5. The van der Waals surface area contributed by atoms with E-state index in [-0.39, 0.29) is 18.5 Å². The van der Waals surface area contributed by atoms with Gasteiger partial charge in [0.05, 0.1) is 25.4 Å². The SMILES string of the molecule is CCCCCCCCCCCCCCCCCCCCC(=O)OCCCCCCCCCCCCCCCCCC(=O)NC(CO)C(O)CCCCCCCCCCCCCCC. The molecule has 0 spiro atoms. The third-order valence-electron chi connectivity index (χ3n) is 13.7. The lowest BCUT2D eigenvalue weighted by atomic mass is 10.0. The first kappa shape index (κ1) is 61.9. The third kappa shape index (κ3) is 50.1. The second kappa shape index (κ2) is 53.5. The number of unbranched alkanes of at least 4 members (excludes halogenated alkanes) is 43. The van der Waals surface area contributed by atoms with Gasteiger partial charge in [-0.25, -0.2) is 0 Å². The van der Waals surface area contributed by atoms with Gasteiger partial charge in [-0.05, 0) is 25.7 Å². The molecule has 0 aromatic heterocycles. The van der Waals surface area contributed by atoms with E-state index in [4.69, 9.17) is 4.74 Å². The monoisotopic (exact) mass is 892 g/mol. The highest BCUT2D eigenvalue weighted by Gasteiger charge is 2.20. The summed E-state index contributed by atoms with van der Waals surface area (Å²) < 4.78 is 5.49. The largest absolute Gasteiger partial charge is 0.466 e. The zero-order valence-electron chi connectivity index (χ0n) is 42.8. The quantitative estimate of drug-likeness (QED) is 0.0418. The first-order valence-corrected chi connectivity index (χ1v) is 28.8. The van der Waals surface area contributed by atoms with Crippen molar-refractivity contribution < 1.29 is 24.5 Å². The molecular formula is C57H113NO5. The number of hydrogen-bond acceptors (Lipinski definition) is 5. The topological polar surface area (TPSA) is 95.9 Å². The summed E-state index contributed by atoms with van der Waals surface area (Å²) in [6.45, 7) is 4.96. The fraction of sp³-hybridized carbons (Fsp3) is 0.965. The second-order valence-corrected chi connectivity index (χ2v) is 20.0. The summed E-state index contributed by atoms with van der Waals surface area (Å²) in [5, 5.41) is 23.2. The molecule has 1 amide bonds.